The number of fused-ring (bicyclic) bond motifs is 1. The van der Waals surface area contributed by atoms with Gasteiger partial charge in [-0.2, -0.15) is 0 Å². The van der Waals surface area contributed by atoms with Crippen molar-refractivity contribution in [3.63, 3.8) is 0 Å². The van der Waals surface area contributed by atoms with Gasteiger partial charge in [-0.05, 0) is 30.3 Å². The SMILES string of the molecule is OCCN(CCO)c1ccc(N=Nc2nc3ccncc3s2)cc1. The quantitative estimate of drug-likeness (QED) is 0.643. The molecule has 1 aromatic carbocycles. The Morgan fingerprint density at radius 3 is 2.42 bits per heavy atom. The minimum atomic E-state index is 0.0356. The molecule has 3 rings (SSSR count). The summed E-state index contributed by atoms with van der Waals surface area (Å²) in [7, 11) is 0. The van der Waals surface area contributed by atoms with E-state index in [4.69, 9.17) is 10.2 Å². The molecule has 0 fully saturated rings. The number of aliphatic hydroxyl groups is 2. The standard InChI is InChI=1S/C16H17N5O2S/c22-9-7-21(8-10-23)13-3-1-12(2-4-13)19-20-16-18-14-5-6-17-11-15(14)24-16/h1-6,11,22-23H,7-10H2. The third-order valence-corrected chi connectivity index (χ3v) is 4.28. The highest BCUT2D eigenvalue weighted by Crippen LogP contribution is 2.29. The van der Waals surface area contributed by atoms with Crippen molar-refractivity contribution < 1.29 is 10.2 Å². The molecule has 124 valence electrons. The van der Waals surface area contributed by atoms with Gasteiger partial charge in [-0.25, -0.2) is 4.98 Å². The highest BCUT2D eigenvalue weighted by molar-refractivity contribution is 7.21. The molecule has 0 radical (unpaired) electrons. The van der Waals surface area contributed by atoms with Gasteiger partial charge in [0, 0.05) is 31.2 Å². The van der Waals surface area contributed by atoms with Crippen molar-refractivity contribution in [3.8, 4) is 0 Å². The van der Waals surface area contributed by atoms with Crippen molar-refractivity contribution >= 4 is 38.1 Å². The summed E-state index contributed by atoms with van der Waals surface area (Å²) in [4.78, 5) is 10.3. The van der Waals surface area contributed by atoms with Gasteiger partial charge >= 0.3 is 0 Å². The molecule has 0 atom stereocenters. The maximum atomic E-state index is 9.08. The van der Waals surface area contributed by atoms with E-state index in [1.807, 2.05) is 35.2 Å². The fraction of sp³-hybridized carbons (Fsp3) is 0.250. The van der Waals surface area contributed by atoms with Crippen LogP contribution in [0.5, 0.6) is 0 Å². The second kappa shape index (κ2) is 7.91. The van der Waals surface area contributed by atoms with E-state index in [0.717, 1.165) is 15.9 Å². The van der Waals surface area contributed by atoms with Crippen LogP contribution in [0.2, 0.25) is 0 Å². The summed E-state index contributed by atoms with van der Waals surface area (Å²) in [6.45, 7) is 1.02. The fourth-order valence-corrected chi connectivity index (χ4v) is 3.01. The minimum Gasteiger partial charge on any atom is -0.395 e. The summed E-state index contributed by atoms with van der Waals surface area (Å²) in [5, 5.41) is 27.1. The van der Waals surface area contributed by atoms with Gasteiger partial charge in [0.15, 0.2) is 0 Å². The molecule has 0 bridgehead atoms. The van der Waals surface area contributed by atoms with Gasteiger partial charge in [0.2, 0.25) is 5.13 Å². The van der Waals surface area contributed by atoms with E-state index < -0.39 is 0 Å². The zero-order chi connectivity index (χ0) is 16.8. The topological polar surface area (TPSA) is 94.2 Å². The van der Waals surface area contributed by atoms with Crippen molar-refractivity contribution in [2.24, 2.45) is 10.2 Å². The van der Waals surface area contributed by atoms with Crippen molar-refractivity contribution in [1.82, 2.24) is 9.97 Å². The average molecular weight is 343 g/mol. The van der Waals surface area contributed by atoms with Gasteiger partial charge in [0.05, 0.1) is 29.1 Å². The average Bonchev–Trinajstić information content (AvgIpc) is 3.03. The summed E-state index contributed by atoms with van der Waals surface area (Å²) in [6.07, 6.45) is 3.46. The Hall–Kier alpha value is -2.42. The fourth-order valence-electron chi connectivity index (χ4n) is 2.25. The summed E-state index contributed by atoms with van der Waals surface area (Å²) >= 11 is 1.44. The highest BCUT2D eigenvalue weighted by Gasteiger charge is 2.05. The molecular formula is C16H17N5O2S. The van der Waals surface area contributed by atoms with Crippen LogP contribution in [-0.4, -0.2) is 46.5 Å². The van der Waals surface area contributed by atoms with E-state index in [1.54, 1.807) is 12.4 Å². The van der Waals surface area contributed by atoms with Crippen LogP contribution in [0, 0.1) is 0 Å². The normalized spacial score (nSPS) is 11.4. The Kier molecular flexibility index (Phi) is 5.42. The van der Waals surface area contributed by atoms with Gasteiger partial charge in [-0.3, -0.25) is 4.98 Å². The third-order valence-electron chi connectivity index (χ3n) is 3.39. The molecular weight excluding hydrogens is 326 g/mol. The first-order valence-electron chi connectivity index (χ1n) is 7.49. The summed E-state index contributed by atoms with van der Waals surface area (Å²) < 4.78 is 0.977. The van der Waals surface area contributed by atoms with Crippen LogP contribution in [0.3, 0.4) is 0 Å². The van der Waals surface area contributed by atoms with E-state index in [9.17, 15) is 0 Å². The number of rotatable bonds is 7. The molecule has 2 N–H and O–H groups in total. The minimum absolute atomic E-state index is 0.0356. The molecule has 0 saturated carbocycles. The number of hydrogen-bond donors (Lipinski definition) is 2. The largest absolute Gasteiger partial charge is 0.395 e. The van der Waals surface area contributed by atoms with Crippen LogP contribution in [-0.2, 0) is 0 Å². The molecule has 8 heteroatoms. The third kappa shape index (κ3) is 3.91. The van der Waals surface area contributed by atoms with Gasteiger partial charge < -0.3 is 15.1 Å². The number of azo groups is 1. The molecule has 3 aromatic rings. The zero-order valence-corrected chi connectivity index (χ0v) is 13.7. The molecule has 0 saturated heterocycles. The Morgan fingerprint density at radius 2 is 1.75 bits per heavy atom. The Bertz CT molecular complexity index is 780. The summed E-state index contributed by atoms with van der Waals surface area (Å²) in [6, 6.07) is 9.31. The van der Waals surface area contributed by atoms with E-state index in [0.29, 0.717) is 23.9 Å². The Labute approximate surface area is 143 Å². The van der Waals surface area contributed by atoms with Gasteiger partial charge in [-0.1, -0.05) is 11.3 Å². The number of anilines is 1. The van der Waals surface area contributed by atoms with E-state index in [-0.39, 0.29) is 13.2 Å². The summed E-state index contributed by atoms with van der Waals surface area (Å²) in [5.74, 6) is 0. The zero-order valence-electron chi connectivity index (χ0n) is 12.9. The Balaban J connectivity index is 1.73. The predicted octanol–water partition coefficient (Wildman–Crippen LogP) is 2.90. The Morgan fingerprint density at radius 1 is 1.00 bits per heavy atom. The number of aromatic nitrogens is 2. The van der Waals surface area contributed by atoms with Crippen molar-refractivity contribution in [1.29, 1.82) is 0 Å². The van der Waals surface area contributed by atoms with E-state index in [1.165, 1.54) is 11.3 Å². The predicted molar refractivity (Wildman–Crippen MR) is 94.4 cm³/mol. The number of aliphatic hydroxyl groups excluding tert-OH is 2. The van der Waals surface area contributed by atoms with Gasteiger partial charge in [-0.15, -0.1) is 10.2 Å². The van der Waals surface area contributed by atoms with Crippen molar-refractivity contribution in [2.75, 3.05) is 31.2 Å². The van der Waals surface area contributed by atoms with Gasteiger partial charge in [0.1, 0.15) is 0 Å². The molecule has 2 aromatic heterocycles. The lowest BCUT2D eigenvalue weighted by molar-refractivity contribution is 0.281. The maximum absolute atomic E-state index is 9.08. The van der Waals surface area contributed by atoms with Crippen LogP contribution >= 0.6 is 11.3 Å². The van der Waals surface area contributed by atoms with Crippen molar-refractivity contribution in [2.45, 2.75) is 0 Å². The molecule has 0 aliphatic heterocycles. The molecule has 0 aliphatic rings. The summed E-state index contributed by atoms with van der Waals surface area (Å²) in [5.41, 5.74) is 2.50. The van der Waals surface area contributed by atoms with Crippen molar-refractivity contribution in [3.05, 3.63) is 42.7 Å². The van der Waals surface area contributed by atoms with Crippen LogP contribution in [0.4, 0.5) is 16.5 Å². The molecule has 0 amide bonds. The second-order valence-corrected chi connectivity index (χ2v) is 6.00. The number of thiazole rings is 1. The van der Waals surface area contributed by atoms with Crippen LogP contribution in [0.25, 0.3) is 10.2 Å². The van der Waals surface area contributed by atoms with Gasteiger partial charge in [0.25, 0.3) is 0 Å². The molecule has 7 nitrogen and oxygen atoms in total. The molecule has 0 aliphatic carbocycles. The number of benzene rings is 1. The first kappa shape index (κ1) is 16.4. The molecule has 2 heterocycles. The number of pyridine rings is 1. The molecule has 0 spiro atoms. The number of hydrogen-bond acceptors (Lipinski definition) is 8. The van der Waals surface area contributed by atoms with Crippen LogP contribution < -0.4 is 4.90 Å². The lowest BCUT2D eigenvalue weighted by atomic mass is 10.2. The maximum Gasteiger partial charge on any atom is 0.231 e. The molecule has 24 heavy (non-hydrogen) atoms. The monoisotopic (exact) mass is 343 g/mol. The smallest absolute Gasteiger partial charge is 0.231 e. The lowest BCUT2D eigenvalue weighted by Gasteiger charge is -2.22. The van der Waals surface area contributed by atoms with Crippen LogP contribution in [0.1, 0.15) is 0 Å². The highest BCUT2D eigenvalue weighted by atomic mass is 32.1. The first-order chi connectivity index (χ1) is 11.8. The second-order valence-electron chi connectivity index (χ2n) is 4.99. The molecule has 0 unspecified atom stereocenters. The lowest BCUT2D eigenvalue weighted by Crippen LogP contribution is -2.29. The van der Waals surface area contributed by atoms with Crippen LogP contribution in [0.15, 0.2) is 53.0 Å². The van der Waals surface area contributed by atoms with E-state index in [2.05, 4.69) is 20.2 Å². The van der Waals surface area contributed by atoms with E-state index >= 15 is 0 Å². The number of nitrogens with zero attached hydrogens (tertiary/aromatic N) is 5. The first-order valence-corrected chi connectivity index (χ1v) is 8.31.